The van der Waals surface area contributed by atoms with Crippen molar-refractivity contribution in [1.82, 2.24) is 4.90 Å². The van der Waals surface area contributed by atoms with E-state index in [9.17, 15) is 13.6 Å². The van der Waals surface area contributed by atoms with Crippen LogP contribution in [0.25, 0.3) is 0 Å². The van der Waals surface area contributed by atoms with Gasteiger partial charge < -0.3 is 14.4 Å². The molecule has 0 heterocycles. The maximum Gasteiger partial charge on any atom is 0.254 e. The molecule has 0 unspecified atom stereocenters. The van der Waals surface area contributed by atoms with Gasteiger partial charge in [0.05, 0.1) is 14.2 Å². The minimum absolute atomic E-state index is 0.0922. The smallest absolute Gasteiger partial charge is 0.254 e. The van der Waals surface area contributed by atoms with Crippen LogP contribution in [-0.4, -0.2) is 32.1 Å². The van der Waals surface area contributed by atoms with E-state index in [1.165, 1.54) is 18.1 Å². The zero-order valence-electron chi connectivity index (χ0n) is 14.0. The molecule has 0 spiro atoms. The fourth-order valence-electron chi connectivity index (χ4n) is 2.37. The molecule has 128 valence electrons. The summed E-state index contributed by atoms with van der Waals surface area (Å²) in [5.41, 5.74) is 1.89. The van der Waals surface area contributed by atoms with E-state index < -0.39 is 17.5 Å². The summed E-state index contributed by atoms with van der Waals surface area (Å²) in [5.74, 6) is -1.26. The van der Waals surface area contributed by atoms with E-state index in [4.69, 9.17) is 9.47 Å². The lowest BCUT2D eigenvalue weighted by Gasteiger charge is -2.20. The first-order valence-electron chi connectivity index (χ1n) is 7.29. The first-order chi connectivity index (χ1) is 11.4. The van der Waals surface area contributed by atoms with Gasteiger partial charge in [-0.1, -0.05) is 0 Å². The third-order valence-corrected chi connectivity index (χ3v) is 3.76. The van der Waals surface area contributed by atoms with Gasteiger partial charge in [-0.2, -0.15) is 0 Å². The predicted molar refractivity (Wildman–Crippen MR) is 86.4 cm³/mol. The number of methoxy groups -OCH3 is 2. The Hall–Kier alpha value is -2.63. The third-order valence-electron chi connectivity index (χ3n) is 3.76. The third kappa shape index (κ3) is 3.64. The number of hydrogen-bond donors (Lipinski definition) is 0. The number of halogens is 2. The summed E-state index contributed by atoms with van der Waals surface area (Å²) in [6, 6.07) is 6.72. The molecule has 0 atom stereocenters. The van der Waals surface area contributed by atoms with E-state index in [2.05, 4.69) is 0 Å². The van der Waals surface area contributed by atoms with E-state index in [0.717, 1.165) is 23.3 Å². The minimum atomic E-state index is -1.04. The zero-order chi connectivity index (χ0) is 17.9. The van der Waals surface area contributed by atoms with Crippen LogP contribution < -0.4 is 9.47 Å². The van der Waals surface area contributed by atoms with Crippen molar-refractivity contribution in [2.24, 2.45) is 0 Å². The Morgan fingerprint density at radius 3 is 2.25 bits per heavy atom. The van der Waals surface area contributed by atoms with Crippen molar-refractivity contribution < 1.29 is 23.0 Å². The van der Waals surface area contributed by atoms with E-state index in [1.807, 2.05) is 13.0 Å². The van der Waals surface area contributed by atoms with Gasteiger partial charge in [0.15, 0.2) is 23.1 Å². The molecule has 0 aliphatic heterocycles. The highest BCUT2D eigenvalue weighted by Crippen LogP contribution is 2.30. The van der Waals surface area contributed by atoms with Gasteiger partial charge in [-0.05, 0) is 48.4 Å². The zero-order valence-corrected chi connectivity index (χ0v) is 14.0. The Morgan fingerprint density at radius 1 is 1.04 bits per heavy atom. The normalized spacial score (nSPS) is 10.4. The molecule has 0 saturated heterocycles. The second kappa shape index (κ2) is 7.29. The molecule has 0 N–H and O–H groups in total. The SMILES string of the molecule is COc1cc(C)c(CN(C)C(=O)c2ccc(F)c(F)c2)cc1OC. The molecule has 1 amide bonds. The lowest BCUT2D eigenvalue weighted by molar-refractivity contribution is 0.0784. The van der Waals surface area contributed by atoms with Crippen LogP contribution in [0.3, 0.4) is 0 Å². The van der Waals surface area contributed by atoms with Gasteiger partial charge in [-0.25, -0.2) is 8.78 Å². The average molecular weight is 335 g/mol. The summed E-state index contributed by atoms with van der Waals surface area (Å²) in [6.45, 7) is 2.19. The van der Waals surface area contributed by atoms with Crippen LogP contribution in [0.2, 0.25) is 0 Å². The van der Waals surface area contributed by atoms with Crippen molar-refractivity contribution in [3.05, 3.63) is 58.7 Å². The van der Waals surface area contributed by atoms with Crippen molar-refractivity contribution in [3.63, 3.8) is 0 Å². The summed E-state index contributed by atoms with van der Waals surface area (Å²) < 4.78 is 36.8. The average Bonchev–Trinajstić information content (AvgIpc) is 2.57. The summed E-state index contributed by atoms with van der Waals surface area (Å²) in [6.07, 6.45) is 0. The van der Waals surface area contributed by atoms with Gasteiger partial charge in [-0.15, -0.1) is 0 Å². The van der Waals surface area contributed by atoms with E-state index in [-0.39, 0.29) is 5.56 Å². The maximum atomic E-state index is 13.3. The quantitative estimate of drug-likeness (QED) is 0.839. The molecule has 6 heteroatoms. The van der Waals surface area contributed by atoms with Crippen molar-refractivity contribution in [2.45, 2.75) is 13.5 Å². The number of benzene rings is 2. The number of ether oxygens (including phenoxy) is 2. The number of aryl methyl sites for hydroxylation is 1. The number of carbonyl (C=O) groups excluding carboxylic acids is 1. The number of amides is 1. The molecular formula is C18H19F2NO3. The van der Waals surface area contributed by atoms with Crippen molar-refractivity contribution in [2.75, 3.05) is 21.3 Å². The number of hydrogen-bond acceptors (Lipinski definition) is 3. The van der Waals surface area contributed by atoms with Gasteiger partial charge in [0, 0.05) is 19.2 Å². The second-order valence-electron chi connectivity index (χ2n) is 5.42. The van der Waals surface area contributed by atoms with Crippen LogP contribution >= 0.6 is 0 Å². The van der Waals surface area contributed by atoms with E-state index in [0.29, 0.717) is 18.0 Å². The summed E-state index contributed by atoms with van der Waals surface area (Å²) in [4.78, 5) is 13.8. The fraction of sp³-hybridized carbons (Fsp3) is 0.278. The molecule has 2 aromatic carbocycles. The second-order valence-corrected chi connectivity index (χ2v) is 5.42. The Kier molecular flexibility index (Phi) is 5.39. The minimum Gasteiger partial charge on any atom is -0.493 e. The van der Waals surface area contributed by atoms with Crippen LogP contribution in [-0.2, 0) is 6.54 Å². The van der Waals surface area contributed by atoms with E-state index >= 15 is 0 Å². The molecule has 0 radical (unpaired) electrons. The molecule has 4 nitrogen and oxygen atoms in total. The van der Waals surface area contributed by atoms with Gasteiger partial charge in [0.1, 0.15) is 0 Å². The molecule has 0 saturated carbocycles. The van der Waals surface area contributed by atoms with Crippen molar-refractivity contribution in [3.8, 4) is 11.5 Å². The van der Waals surface area contributed by atoms with Crippen LogP contribution in [0.15, 0.2) is 30.3 Å². The Bertz CT molecular complexity index is 762. The van der Waals surface area contributed by atoms with Gasteiger partial charge >= 0.3 is 0 Å². The summed E-state index contributed by atoms with van der Waals surface area (Å²) in [5, 5.41) is 0. The maximum absolute atomic E-state index is 13.3. The Labute approximate surface area is 139 Å². The molecule has 0 aromatic heterocycles. The van der Waals surface area contributed by atoms with Crippen molar-refractivity contribution in [1.29, 1.82) is 0 Å². The summed E-state index contributed by atoms with van der Waals surface area (Å²) in [7, 11) is 4.68. The van der Waals surface area contributed by atoms with Gasteiger partial charge in [0.2, 0.25) is 0 Å². The largest absolute Gasteiger partial charge is 0.493 e. The van der Waals surface area contributed by atoms with E-state index in [1.54, 1.807) is 20.2 Å². The highest BCUT2D eigenvalue weighted by Gasteiger charge is 2.16. The fourth-order valence-corrected chi connectivity index (χ4v) is 2.37. The van der Waals surface area contributed by atoms with Crippen LogP contribution in [0.5, 0.6) is 11.5 Å². The molecule has 2 aromatic rings. The number of nitrogens with zero attached hydrogens (tertiary/aromatic N) is 1. The molecule has 0 fully saturated rings. The monoisotopic (exact) mass is 335 g/mol. The molecular weight excluding hydrogens is 316 g/mol. The lowest BCUT2D eigenvalue weighted by atomic mass is 10.1. The first-order valence-corrected chi connectivity index (χ1v) is 7.29. The highest BCUT2D eigenvalue weighted by molar-refractivity contribution is 5.94. The number of carbonyl (C=O) groups is 1. The molecule has 0 aliphatic carbocycles. The molecule has 2 rings (SSSR count). The highest BCUT2D eigenvalue weighted by atomic mass is 19.2. The summed E-state index contributed by atoms with van der Waals surface area (Å²) >= 11 is 0. The van der Waals surface area contributed by atoms with Crippen LogP contribution in [0.1, 0.15) is 21.5 Å². The topological polar surface area (TPSA) is 38.8 Å². The lowest BCUT2D eigenvalue weighted by Crippen LogP contribution is -2.26. The van der Waals surface area contributed by atoms with Crippen LogP contribution in [0.4, 0.5) is 8.78 Å². The predicted octanol–water partition coefficient (Wildman–Crippen LogP) is 3.56. The Morgan fingerprint density at radius 2 is 1.67 bits per heavy atom. The van der Waals surface area contributed by atoms with Gasteiger partial charge in [-0.3, -0.25) is 4.79 Å². The molecule has 0 bridgehead atoms. The molecule has 0 aliphatic rings. The van der Waals surface area contributed by atoms with Crippen molar-refractivity contribution >= 4 is 5.91 Å². The van der Waals surface area contributed by atoms with Gasteiger partial charge in [0.25, 0.3) is 5.91 Å². The number of rotatable bonds is 5. The van der Waals surface area contributed by atoms with Crippen LogP contribution in [0, 0.1) is 18.6 Å². The first kappa shape index (κ1) is 17.7. The standard InChI is InChI=1S/C18H19F2NO3/c1-11-7-16(23-3)17(24-4)9-13(11)10-21(2)18(22)12-5-6-14(19)15(20)8-12/h5-9H,10H2,1-4H3. The Balaban J connectivity index is 2.23. The molecule has 24 heavy (non-hydrogen) atoms.